The van der Waals surface area contributed by atoms with E-state index in [0.717, 1.165) is 16.7 Å². The van der Waals surface area contributed by atoms with Crippen LogP contribution in [-0.2, 0) is 0 Å². The normalized spacial score (nSPS) is 10.6. The third-order valence-electron chi connectivity index (χ3n) is 2.92. The molecule has 2 rings (SSSR count). The number of hydrogen-bond acceptors (Lipinski definition) is 2. The van der Waals surface area contributed by atoms with Gasteiger partial charge in [0, 0.05) is 0 Å². The van der Waals surface area contributed by atoms with Gasteiger partial charge < -0.3 is 5.11 Å². The molecule has 18 heavy (non-hydrogen) atoms. The van der Waals surface area contributed by atoms with Gasteiger partial charge in [-0.3, -0.25) is 15.0 Å². The molecule has 0 aliphatic rings. The fourth-order valence-electron chi connectivity index (χ4n) is 2.33. The van der Waals surface area contributed by atoms with Crippen molar-refractivity contribution in [3.05, 3.63) is 44.9 Å². The van der Waals surface area contributed by atoms with E-state index in [-0.39, 0.29) is 11.3 Å². The Bertz CT molecular complexity index is 657. The molecule has 0 amide bonds. The molecule has 0 saturated carbocycles. The van der Waals surface area contributed by atoms with E-state index in [2.05, 4.69) is 10.2 Å². The standard InChI is InChI=1S/C13H14N2O3/c1-6-4-7(2)9(8(3)5-6)10-11(13(17)18)14-15-12(10)16/h4-5H,1-3H3,(H,17,18)(H2,14,15,16). The molecule has 1 aromatic heterocycles. The van der Waals surface area contributed by atoms with Gasteiger partial charge in [-0.1, -0.05) is 17.7 Å². The Morgan fingerprint density at radius 3 is 2.11 bits per heavy atom. The first-order valence-corrected chi connectivity index (χ1v) is 5.54. The molecule has 1 aromatic carbocycles. The molecule has 3 N–H and O–H groups in total. The summed E-state index contributed by atoms with van der Waals surface area (Å²) in [7, 11) is 0. The predicted octanol–water partition coefficient (Wildman–Crippen LogP) is 1.99. The number of aromatic carboxylic acids is 1. The van der Waals surface area contributed by atoms with Crippen molar-refractivity contribution in [1.82, 2.24) is 10.2 Å². The number of nitrogens with one attached hydrogen (secondary N) is 2. The highest BCUT2D eigenvalue weighted by Gasteiger charge is 2.20. The molecular formula is C13H14N2O3. The molecule has 0 saturated heterocycles. The molecule has 0 fully saturated rings. The smallest absolute Gasteiger partial charge is 0.354 e. The van der Waals surface area contributed by atoms with Gasteiger partial charge in [-0.25, -0.2) is 4.79 Å². The van der Waals surface area contributed by atoms with Crippen molar-refractivity contribution in [3.63, 3.8) is 0 Å². The second-order valence-electron chi connectivity index (χ2n) is 4.41. The number of carboxylic acids is 1. The van der Waals surface area contributed by atoms with Crippen molar-refractivity contribution >= 4 is 5.97 Å². The lowest BCUT2D eigenvalue weighted by Gasteiger charge is -2.09. The van der Waals surface area contributed by atoms with Crippen molar-refractivity contribution in [2.75, 3.05) is 0 Å². The second-order valence-corrected chi connectivity index (χ2v) is 4.41. The van der Waals surface area contributed by atoms with E-state index in [1.165, 1.54) is 0 Å². The van der Waals surface area contributed by atoms with Gasteiger partial charge in [0.1, 0.15) is 0 Å². The zero-order valence-corrected chi connectivity index (χ0v) is 10.4. The van der Waals surface area contributed by atoms with Crippen LogP contribution in [0.15, 0.2) is 16.9 Å². The average molecular weight is 246 g/mol. The largest absolute Gasteiger partial charge is 0.477 e. The number of aromatic nitrogens is 2. The summed E-state index contributed by atoms with van der Waals surface area (Å²) in [4.78, 5) is 22.9. The van der Waals surface area contributed by atoms with Gasteiger partial charge in [-0.2, -0.15) is 0 Å². The molecule has 0 unspecified atom stereocenters. The molecule has 94 valence electrons. The number of aromatic amines is 2. The highest BCUT2D eigenvalue weighted by molar-refractivity contribution is 5.94. The Hall–Kier alpha value is -2.30. The first kappa shape index (κ1) is 12.2. The number of carbonyl (C=O) groups is 1. The van der Waals surface area contributed by atoms with Crippen LogP contribution in [0, 0.1) is 20.8 Å². The first-order chi connectivity index (χ1) is 8.41. The Morgan fingerprint density at radius 2 is 1.61 bits per heavy atom. The zero-order valence-electron chi connectivity index (χ0n) is 10.4. The Kier molecular flexibility index (Phi) is 2.82. The number of H-pyrrole nitrogens is 2. The van der Waals surface area contributed by atoms with Crippen molar-refractivity contribution in [3.8, 4) is 11.1 Å². The fourth-order valence-corrected chi connectivity index (χ4v) is 2.33. The second kappa shape index (κ2) is 4.18. The summed E-state index contributed by atoms with van der Waals surface area (Å²) in [5.74, 6) is -1.15. The third kappa shape index (κ3) is 1.84. The molecule has 0 spiro atoms. The van der Waals surface area contributed by atoms with Crippen LogP contribution in [0.4, 0.5) is 0 Å². The first-order valence-electron chi connectivity index (χ1n) is 5.54. The minimum absolute atomic E-state index is 0.102. The van der Waals surface area contributed by atoms with Gasteiger partial charge in [0.2, 0.25) is 0 Å². The number of aryl methyl sites for hydroxylation is 3. The van der Waals surface area contributed by atoms with Crippen LogP contribution in [0.5, 0.6) is 0 Å². The van der Waals surface area contributed by atoms with Crippen molar-refractivity contribution in [2.24, 2.45) is 0 Å². The molecule has 0 radical (unpaired) electrons. The number of hydrogen-bond donors (Lipinski definition) is 3. The summed E-state index contributed by atoms with van der Waals surface area (Å²) < 4.78 is 0. The number of rotatable bonds is 2. The number of carboxylic acid groups (broad SMARTS) is 1. The lowest BCUT2D eigenvalue weighted by Crippen LogP contribution is -2.07. The lowest BCUT2D eigenvalue weighted by molar-refractivity contribution is 0.0691. The lowest BCUT2D eigenvalue weighted by atomic mass is 9.94. The minimum atomic E-state index is -1.15. The third-order valence-corrected chi connectivity index (χ3v) is 2.92. The van der Waals surface area contributed by atoms with Crippen LogP contribution in [-0.4, -0.2) is 21.3 Å². The van der Waals surface area contributed by atoms with E-state index in [4.69, 9.17) is 5.11 Å². The summed E-state index contributed by atoms with van der Waals surface area (Å²) in [6, 6.07) is 3.86. The van der Waals surface area contributed by atoms with E-state index in [1.54, 1.807) is 0 Å². The molecule has 1 heterocycles. The SMILES string of the molecule is Cc1cc(C)c(-c2c(C(=O)O)[nH][nH]c2=O)c(C)c1. The average Bonchev–Trinajstić information content (AvgIpc) is 2.59. The van der Waals surface area contributed by atoms with Crippen molar-refractivity contribution in [2.45, 2.75) is 20.8 Å². The maximum absolute atomic E-state index is 11.8. The highest BCUT2D eigenvalue weighted by atomic mass is 16.4. The van der Waals surface area contributed by atoms with Crippen molar-refractivity contribution in [1.29, 1.82) is 0 Å². The van der Waals surface area contributed by atoms with Gasteiger partial charge in [-0.05, 0) is 37.5 Å². The summed E-state index contributed by atoms with van der Waals surface area (Å²) in [5.41, 5.74) is 3.22. The van der Waals surface area contributed by atoms with Gasteiger partial charge >= 0.3 is 5.97 Å². The van der Waals surface area contributed by atoms with Crippen LogP contribution < -0.4 is 5.56 Å². The monoisotopic (exact) mass is 246 g/mol. The number of benzene rings is 1. The van der Waals surface area contributed by atoms with Crippen LogP contribution in [0.3, 0.4) is 0 Å². The molecule has 2 aromatic rings. The van der Waals surface area contributed by atoms with E-state index in [1.807, 2.05) is 32.9 Å². The summed E-state index contributed by atoms with van der Waals surface area (Å²) >= 11 is 0. The quantitative estimate of drug-likeness (QED) is 0.757. The molecule has 0 aliphatic carbocycles. The van der Waals surface area contributed by atoms with E-state index in [0.29, 0.717) is 5.56 Å². The summed E-state index contributed by atoms with van der Waals surface area (Å²) in [5, 5.41) is 13.8. The Balaban J connectivity index is 2.81. The summed E-state index contributed by atoms with van der Waals surface area (Å²) in [6.07, 6.45) is 0. The Labute approximate surface area is 103 Å². The molecule has 0 bridgehead atoms. The van der Waals surface area contributed by atoms with E-state index >= 15 is 0 Å². The topological polar surface area (TPSA) is 85.9 Å². The minimum Gasteiger partial charge on any atom is -0.477 e. The highest BCUT2D eigenvalue weighted by Crippen LogP contribution is 2.27. The van der Waals surface area contributed by atoms with Gasteiger partial charge in [-0.15, -0.1) is 0 Å². The molecular weight excluding hydrogens is 232 g/mol. The van der Waals surface area contributed by atoms with Gasteiger partial charge in [0.15, 0.2) is 5.69 Å². The molecule has 0 atom stereocenters. The maximum Gasteiger partial charge on any atom is 0.354 e. The van der Waals surface area contributed by atoms with Crippen LogP contribution in [0.25, 0.3) is 11.1 Å². The zero-order chi connectivity index (χ0) is 13.4. The Morgan fingerprint density at radius 1 is 1.06 bits per heavy atom. The van der Waals surface area contributed by atoms with Crippen LogP contribution >= 0.6 is 0 Å². The molecule has 5 nitrogen and oxygen atoms in total. The van der Waals surface area contributed by atoms with Crippen molar-refractivity contribution < 1.29 is 9.90 Å². The van der Waals surface area contributed by atoms with Crippen LogP contribution in [0.1, 0.15) is 27.2 Å². The predicted molar refractivity (Wildman–Crippen MR) is 68.0 cm³/mol. The maximum atomic E-state index is 11.8. The summed E-state index contributed by atoms with van der Waals surface area (Å²) in [6.45, 7) is 5.70. The van der Waals surface area contributed by atoms with Gasteiger partial charge in [0.05, 0.1) is 5.56 Å². The van der Waals surface area contributed by atoms with E-state index < -0.39 is 11.5 Å². The fraction of sp³-hybridized carbons (Fsp3) is 0.231. The van der Waals surface area contributed by atoms with E-state index in [9.17, 15) is 9.59 Å². The molecule has 0 aliphatic heterocycles. The molecule has 5 heteroatoms. The van der Waals surface area contributed by atoms with Gasteiger partial charge in [0.25, 0.3) is 5.56 Å². The van der Waals surface area contributed by atoms with Crippen LogP contribution in [0.2, 0.25) is 0 Å².